The SMILES string of the molecule is CN(CCCOCCCc1cccc2c1n(C)c(=O)n2C1CCC(=O)NC1=O)[S+]([O-])N1CCC(Nc2ncc3ccc(=O)n(C4CCCC4)c3n2)CC1. The Morgan fingerprint density at radius 3 is 2.55 bits per heavy atom. The number of imide groups is 1. The van der Waals surface area contributed by atoms with Crippen LogP contribution in [0.2, 0.25) is 0 Å². The third-order valence-corrected chi connectivity index (χ3v) is 12.4. The molecule has 0 spiro atoms. The summed E-state index contributed by atoms with van der Waals surface area (Å²) in [7, 11) is 3.59. The lowest BCUT2D eigenvalue weighted by Gasteiger charge is -2.34. The Morgan fingerprint density at radius 2 is 1.77 bits per heavy atom. The zero-order valence-corrected chi connectivity index (χ0v) is 31.3. The lowest BCUT2D eigenvalue weighted by atomic mass is 10.0. The van der Waals surface area contributed by atoms with Crippen molar-refractivity contribution < 1.29 is 18.9 Å². The van der Waals surface area contributed by atoms with E-state index < -0.39 is 23.5 Å². The van der Waals surface area contributed by atoms with Crippen molar-refractivity contribution in [2.45, 2.75) is 88.8 Å². The average Bonchev–Trinajstić information content (AvgIpc) is 3.77. The van der Waals surface area contributed by atoms with Crippen LogP contribution >= 0.6 is 0 Å². The van der Waals surface area contributed by atoms with Gasteiger partial charge in [-0.2, -0.15) is 4.98 Å². The number of aryl methyl sites for hydroxylation is 2. The van der Waals surface area contributed by atoms with E-state index in [2.05, 4.69) is 15.6 Å². The van der Waals surface area contributed by atoms with Gasteiger partial charge in [-0.3, -0.25) is 33.4 Å². The van der Waals surface area contributed by atoms with Crippen molar-refractivity contribution in [3.8, 4) is 0 Å². The summed E-state index contributed by atoms with van der Waals surface area (Å²) in [5.74, 6) is -0.228. The first-order valence-electron chi connectivity index (χ1n) is 18.8. The Morgan fingerprint density at radius 1 is 1.00 bits per heavy atom. The molecule has 15 nitrogen and oxygen atoms in total. The van der Waals surface area contributed by atoms with E-state index in [4.69, 9.17) is 9.72 Å². The Bertz CT molecular complexity index is 2070. The Labute approximate surface area is 311 Å². The number of fused-ring (bicyclic) bond motifs is 2. The second kappa shape index (κ2) is 16.5. The Balaban J connectivity index is 0.832. The molecular formula is C37H49N9O6S. The molecule has 1 saturated carbocycles. The molecule has 3 fully saturated rings. The van der Waals surface area contributed by atoms with Crippen LogP contribution in [-0.2, 0) is 39.3 Å². The lowest BCUT2D eigenvalue weighted by molar-refractivity contribution is -0.135. The van der Waals surface area contributed by atoms with Crippen LogP contribution in [0.15, 0.2) is 46.1 Å². The number of imidazole rings is 1. The first-order chi connectivity index (χ1) is 25.7. The zero-order valence-electron chi connectivity index (χ0n) is 30.5. The van der Waals surface area contributed by atoms with Gasteiger partial charge in [-0.05, 0) is 69.1 Å². The predicted octanol–water partition coefficient (Wildman–Crippen LogP) is 2.96. The molecule has 16 heteroatoms. The number of anilines is 1. The maximum Gasteiger partial charge on any atom is 0.329 e. The number of amides is 2. The minimum absolute atomic E-state index is 0.0120. The van der Waals surface area contributed by atoms with E-state index in [1.54, 1.807) is 29.9 Å². The van der Waals surface area contributed by atoms with Crippen molar-refractivity contribution in [1.82, 2.24) is 37.6 Å². The number of rotatable bonds is 14. The number of para-hydroxylation sites is 1. The van der Waals surface area contributed by atoms with E-state index in [1.807, 2.05) is 38.4 Å². The maximum absolute atomic E-state index is 13.3. The summed E-state index contributed by atoms with van der Waals surface area (Å²) in [5, 5.41) is 6.68. The first-order valence-corrected chi connectivity index (χ1v) is 19.9. The van der Waals surface area contributed by atoms with Crippen LogP contribution in [-0.4, -0.2) is 94.6 Å². The topological polar surface area (TPSA) is 172 Å². The number of aromatic nitrogens is 5. The highest BCUT2D eigenvalue weighted by Gasteiger charge is 2.32. The van der Waals surface area contributed by atoms with Crippen LogP contribution in [0.3, 0.4) is 0 Å². The number of carbonyl (C=O) groups excluding carboxylic acids is 2. The quantitative estimate of drug-likeness (QED) is 0.110. The van der Waals surface area contributed by atoms with Crippen molar-refractivity contribution in [2.75, 3.05) is 45.2 Å². The van der Waals surface area contributed by atoms with E-state index in [-0.39, 0.29) is 35.7 Å². The third-order valence-electron chi connectivity index (χ3n) is 10.8. The van der Waals surface area contributed by atoms with Gasteiger partial charge in [0.05, 0.1) is 11.0 Å². The van der Waals surface area contributed by atoms with Gasteiger partial charge in [0.25, 0.3) is 5.56 Å². The number of nitrogens with zero attached hydrogens (tertiary/aromatic N) is 7. The minimum atomic E-state index is -1.25. The second-order valence-corrected chi connectivity index (χ2v) is 16.0. The largest absolute Gasteiger partial charge is 0.578 e. The van der Waals surface area contributed by atoms with Crippen molar-refractivity contribution >= 4 is 51.4 Å². The molecule has 284 valence electrons. The van der Waals surface area contributed by atoms with Crippen LogP contribution in [0, 0.1) is 0 Å². The smallest absolute Gasteiger partial charge is 0.329 e. The number of pyridine rings is 1. The Kier molecular flexibility index (Phi) is 11.6. The number of piperidine rings is 2. The van der Waals surface area contributed by atoms with Crippen LogP contribution in [0.1, 0.15) is 81.9 Å². The molecule has 5 heterocycles. The molecule has 3 aromatic heterocycles. The van der Waals surface area contributed by atoms with Gasteiger partial charge in [0, 0.05) is 83.1 Å². The van der Waals surface area contributed by atoms with E-state index in [0.717, 1.165) is 67.8 Å². The number of nitrogens with one attached hydrogen (secondary N) is 2. The fraction of sp³-hybridized carbons (Fsp3) is 0.568. The summed E-state index contributed by atoms with van der Waals surface area (Å²) in [5.41, 5.74) is 2.88. The molecular weight excluding hydrogens is 699 g/mol. The summed E-state index contributed by atoms with van der Waals surface area (Å²) < 4.78 is 28.0. The number of ether oxygens (including phenoxy) is 1. The summed E-state index contributed by atoms with van der Waals surface area (Å²) in [6.07, 6.45) is 10.4. The summed E-state index contributed by atoms with van der Waals surface area (Å²) in [4.78, 5) is 59.5. The van der Waals surface area contributed by atoms with E-state index in [1.165, 1.54) is 4.57 Å². The highest BCUT2D eigenvalue weighted by atomic mass is 32.2. The third kappa shape index (κ3) is 8.06. The van der Waals surface area contributed by atoms with Gasteiger partial charge in [0.1, 0.15) is 23.2 Å². The highest BCUT2D eigenvalue weighted by Crippen LogP contribution is 2.31. The normalized spacial score (nSPS) is 19.8. The average molecular weight is 748 g/mol. The molecule has 2 aliphatic heterocycles. The van der Waals surface area contributed by atoms with E-state index >= 15 is 0 Å². The first kappa shape index (κ1) is 37.2. The van der Waals surface area contributed by atoms with Gasteiger partial charge in [-0.1, -0.05) is 25.0 Å². The fourth-order valence-corrected chi connectivity index (χ4v) is 9.25. The number of carbonyl (C=O) groups is 2. The molecule has 2 saturated heterocycles. The molecule has 4 aromatic rings. The van der Waals surface area contributed by atoms with Crippen LogP contribution in [0.4, 0.5) is 5.95 Å². The lowest BCUT2D eigenvalue weighted by Crippen LogP contribution is -2.48. The number of hydrogen-bond donors (Lipinski definition) is 2. The van der Waals surface area contributed by atoms with E-state index in [9.17, 15) is 23.7 Å². The number of hydrogen-bond acceptors (Lipinski definition) is 11. The molecule has 0 bridgehead atoms. The molecule has 3 aliphatic rings. The molecule has 53 heavy (non-hydrogen) atoms. The predicted molar refractivity (Wildman–Crippen MR) is 203 cm³/mol. The van der Waals surface area contributed by atoms with Crippen molar-refractivity contribution in [2.24, 2.45) is 7.05 Å². The molecule has 0 radical (unpaired) electrons. The van der Waals surface area contributed by atoms with Gasteiger partial charge in [0.2, 0.25) is 17.8 Å². The highest BCUT2D eigenvalue weighted by molar-refractivity contribution is 7.86. The van der Waals surface area contributed by atoms with Gasteiger partial charge in [0.15, 0.2) is 0 Å². The zero-order chi connectivity index (χ0) is 37.1. The molecule has 2 N–H and O–H groups in total. The minimum Gasteiger partial charge on any atom is -0.578 e. The van der Waals surface area contributed by atoms with Crippen LogP contribution in [0.5, 0.6) is 0 Å². The maximum atomic E-state index is 13.3. The van der Waals surface area contributed by atoms with Crippen LogP contribution in [0.25, 0.3) is 22.1 Å². The van der Waals surface area contributed by atoms with Gasteiger partial charge in [-0.15, -0.1) is 8.61 Å². The van der Waals surface area contributed by atoms with Crippen molar-refractivity contribution in [3.63, 3.8) is 0 Å². The summed E-state index contributed by atoms with van der Waals surface area (Å²) >= 11 is -1.25. The van der Waals surface area contributed by atoms with Crippen LogP contribution < -0.4 is 21.9 Å². The van der Waals surface area contributed by atoms with E-state index in [0.29, 0.717) is 62.8 Å². The summed E-state index contributed by atoms with van der Waals surface area (Å²) in [6, 6.07) is 8.77. The molecule has 7 rings (SSSR count). The number of benzene rings is 1. The molecule has 1 aliphatic carbocycles. The Hall–Kier alpha value is -4.09. The molecule has 1 aromatic carbocycles. The van der Waals surface area contributed by atoms with Gasteiger partial charge >= 0.3 is 5.69 Å². The van der Waals surface area contributed by atoms with Gasteiger partial charge in [-0.25, -0.2) is 9.78 Å². The van der Waals surface area contributed by atoms with Crippen molar-refractivity contribution in [3.05, 3.63) is 62.9 Å². The molecule has 2 atom stereocenters. The second-order valence-electron chi connectivity index (χ2n) is 14.4. The standard InChI is InChI=1S/C37H49N9O6S/c1-42(19-7-23-52-22-6-9-25-8-5-12-29-33(25)43(2)37(50)46(29)30-14-15-31(47)40-35(30)49)53(51)44-20-17-27(18-21-44)39-36-38-24-26-13-16-32(48)45(34(26)41-36)28-10-3-4-11-28/h5,8,12-13,16,24,27-28,30H,3-4,6-7,9-11,14-15,17-23H2,1-2H3,(H,38,39,41)(H,40,47,49). The van der Waals surface area contributed by atoms with Gasteiger partial charge < -0.3 is 14.6 Å². The monoisotopic (exact) mass is 747 g/mol. The summed E-state index contributed by atoms with van der Waals surface area (Å²) in [6.45, 7) is 3.09. The van der Waals surface area contributed by atoms with Crippen molar-refractivity contribution in [1.29, 1.82) is 0 Å². The molecule has 2 amide bonds. The molecule has 2 unspecified atom stereocenters. The fourth-order valence-electron chi connectivity index (χ4n) is 8.04.